The molecule has 0 fully saturated rings. The Hall–Kier alpha value is -4.33. The number of carbonyl (C=O) groups is 1. The number of imidazole rings is 2. The van der Waals surface area contributed by atoms with Crippen LogP contribution >= 0.6 is 0 Å². The highest BCUT2D eigenvalue weighted by Gasteiger charge is 2.14. The minimum Gasteiger partial charge on any atom is -0.493 e. The summed E-state index contributed by atoms with van der Waals surface area (Å²) >= 11 is 0. The minimum absolute atomic E-state index is 0.125. The lowest BCUT2D eigenvalue weighted by molar-refractivity contribution is -0.115. The number of hydrogen-bond acceptors (Lipinski definition) is 5. The number of amides is 1. The van der Waals surface area contributed by atoms with E-state index in [1.54, 1.807) is 14.2 Å². The molecule has 3 heterocycles. The molecule has 34 heavy (non-hydrogen) atoms. The number of carbonyl (C=O) groups excluding carboxylic acids is 1. The number of nitrogens with one attached hydrogen (secondary N) is 2. The third-order valence-electron chi connectivity index (χ3n) is 5.84. The van der Waals surface area contributed by atoms with Crippen LogP contribution in [0.15, 0.2) is 54.9 Å². The lowest BCUT2D eigenvalue weighted by Crippen LogP contribution is -2.15. The monoisotopic (exact) mass is 455 g/mol. The summed E-state index contributed by atoms with van der Waals surface area (Å²) in [6.07, 6.45) is 4.01. The Morgan fingerprint density at radius 1 is 1.03 bits per heavy atom. The molecule has 0 aliphatic carbocycles. The lowest BCUT2D eigenvalue weighted by atomic mass is 10.1. The fourth-order valence-corrected chi connectivity index (χ4v) is 4.03. The van der Waals surface area contributed by atoms with Gasteiger partial charge in [-0.25, -0.2) is 9.97 Å². The molecule has 0 atom stereocenters. The summed E-state index contributed by atoms with van der Waals surface area (Å²) in [6.45, 7) is 3.97. The first-order chi connectivity index (χ1) is 16.4. The summed E-state index contributed by atoms with van der Waals surface area (Å²) in [5.74, 6) is 1.81. The van der Waals surface area contributed by atoms with E-state index >= 15 is 0 Å². The van der Waals surface area contributed by atoms with Crippen molar-refractivity contribution in [3.05, 3.63) is 71.7 Å². The van der Waals surface area contributed by atoms with Crippen molar-refractivity contribution < 1.29 is 14.3 Å². The van der Waals surface area contributed by atoms with Crippen molar-refractivity contribution in [3.8, 4) is 22.9 Å². The van der Waals surface area contributed by atoms with E-state index in [1.165, 1.54) is 0 Å². The zero-order chi connectivity index (χ0) is 23.8. The van der Waals surface area contributed by atoms with Gasteiger partial charge in [0.15, 0.2) is 11.5 Å². The minimum atomic E-state index is -0.125. The van der Waals surface area contributed by atoms with E-state index in [-0.39, 0.29) is 12.3 Å². The number of aryl methyl sites for hydroxylation is 2. The van der Waals surface area contributed by atoms with Gasteiger partial charge >= 0.3 is 0 Å². The number of rotatable bonds is 6. The summed E-state index contributed by atoms with van der Waals surface area (Å²) in [4.78, 5) is 25.4. The normalized spacial score (nSPS) is 11.2. The van der Waals surface area contributed by atoms with Crippen molar-refractivity contribution >= 4 is 28.3 Å². The van der Waals surface area contributed by atoms with Crippen molar-refractivity contribution in [2.45, 2.75) is 20.3 Å². The number of methoxy groups -OCH3 is 2. The van der Waals surface area contributed by atoms with Crippen LogP contribution in [0.2, 0.25) is 0 Å². The Morgan fingerprint density at radius 2 is 1.82 bits per heavy atom. The molecule has 8 nitrogen and oxygen atoms in total. The molecule has 172 valence electrons. The van der Waals surface area contributed by atoms with Crippen molar-refractivity contribution in [2.24, 2.45) is 0 Å². The first-order valence-corrected chi connectivity index (χ1v) is 10.9. The van der Waals surface area contributed by atoms with Gasteiger partial charge in [-0.05, 0) is 37.1 Å². The van der Waals surface area contributed by atoms with E-state index < -0.39 is 0 Å². The van der Waals surface area contributed by atoms with Crippen LogP contribution in [0.3, 0.4) is 0 Å². The maximum atomic E-state index is 12.8. The Bertz CT molecular complexity index is 1490. The fourth-order valence-electron chi connectivity index (χ4n) is 4.03. The van der Waals surface area contributed by atoms with Crippen LogP contribution < -0.4 is 14.8 Å². The van der Waals surface area contributed by atoms with E-state index in [4.69, 9.17) is 14.5 Å². The molecule has 0 aliphatic rings. The number of aromatic amines is 1. The summed E-state index contributed by atoms with van der Waals surface area (Å²) in [5.41, 5.74) is 6.81. The summed E-state index contributed by atoms with van der Waals surface area (Å²) in [6, 6.07) is 13.5. The molecule has 1 amide bonds. The number of hydrogen-bond donors (Lipinski definition) is 2. The van der Waals surface area contributed by atoms with Crippen molar-refractivity contribution in [1.82, 2.24) is 19.4 Å². The molecule has 5 rings (SSSR count). The van der Waals surface area contributed by atoms with Gasteiger partial charge in [0.05, 0.1) is 37.4 Å². The number of nitrogens with zero attached hydrogens (tertiary/aromatic N) is 3. The molecular formula is C26H25N5O3. The van der Waals surface area contributed by atoms with Gasteiger partial charge in [0.1, 0.15) is 11.5 Å². The number of ether oxygens (including phenoxy) is 2. The van der Waals surface area contributed by atoms with Crippen LogP contribution in [-0.4, -0.2) is 39.5 Å². The van der Waals surface area contributed by atoms with Crippen molar-refractivity contribution in [3.63, 3.8) is 0 Å². The molecule has 2 aromatic carbocycles. The second-order valence-corrected chi connectivity index (χ2v) is 8.22. The fraction of sp³-hybridized carbons (Fsp3) is 0.192. The van der Waals surface area contributed by atoms with Gasteiger partial charge < -0.3 is 24.2 Å². The van der Waals surface area contributed by atoms with Gasteiger partial charge in [-0.3, -0.25) is 4.79 Å². The first kappa shape index (κ1) is 21.5. The molecule has 5 aromatic rings. The standard InChI is InChI=1S/C26H25N5O3/c1-15-7-8-17(25-29-20-12-22(33-3)23(34-4)13-21(20)30-25)10-19(15)28-24(32)11-18-14-31-9-5-6-16(2)26(31)27-18/h5-10,12-14H,11H2,1-4H3,(H,28,32)(H,29,30). The topological polar surface area (TPSA) is 93.5 Å². The Morgan fingerprint density at radius 3 is 2.59 bits per heavy atom. The molecule has 0 bridgehead atoms. The van der Waals surface area contributed by atoms with Gasteiger partial charge in [0, 0.05) is 35.8 Å². The van der Waals surface area contributed by atoms with Crippen molar-refractivity contribution in [1.29, 1.82) is 0 Å². The zero-order valence-corrected chi connectivity index (χ0v) is 19.5. The van der Waals surface area contributed by atoms with Gasteiger partial charge in [-0.2, -0.15) is 0 Å². The van der Waals surface area contributed by atoms with E-state index in [9.17, 15) is 4.79 Å². The molecule has 0 radical (unpaired) electrons. The Kier molecular flexibility index (Phi) is 5.41. The lowest BCUT2D eigenvalue weighted by Gasteiger charge is -2.09. The third-order valence-corrected chi connectivity index (χ3v) is 5.84. The van der Waals surface area contributed by atoms with E-state index in [1.807, 2.05) is 73.1 Å². The third kappa shape index (κ3) is 3.94. The number of pyridine rings is 1. The molecule has 0 unspecified atom stereocenters. The van der Waals surface area contributed by atoms with Gasteiger partial charge in [-0.15, -0.1) is 0 Å². The maximum absolute atomic E-state index is 12.8. The molecular weight excluding hydrogens is 430 g/mol. The number of benzene rings is 2. The van der Waals surface area contributed by atoms with Crippen LogP contribution in [0.5, 0.6) is 11.5 Å². The average Bonchev–Trinajstić information content (AvgIpc) is 3.43. The summed E-state index contributed by atoms with van der Waals surface area (Å²) in [7, 11) is 3.20. The number of fused-ring (bicyclic) bond motifs is 2. The highest BCUT2D eigenvalue weighted by atomic mass is 16.5. The Labute approximate surface area is 196 Å². The van der Waals surface area contributed by atoms with E-state index in [0.29, 0.717) is 17.3 Å². The van der Waals surface area contributed by atoms with Gasteiger partial charge in [-0.1, -0.05) is 18.2 Å². The highest BCUT2D eigenvalue weighted by Crippen LogP contribution is 2.33. The predicted molar refractivity (Wildman–Crippen MR) is 132 cm³/mol. The molecule has 0 saturated heterocycles. The second-order valence-electron chi connectivity index (χ2n) is 8.22. The molecule has 0 saturated carbocycles. The van der Waals surface area contributed by atoms with Crippen LogP contribution in [-0.2, 0) is 11.2 Å². The molecule has 2 N–H and O–H groups in total. The summed E-state index contributed by atoms with van der Waals surface area (Å²) in [5, 5.41) is 3.03. The maximum Gasteiger partial charge on any atom is 0.230 e. The summed E-state index contributed by atoms with van der Waals surface area (Å²) < 4.78 is 12.7. The van der Waals surface area contributed by atoms with Crippen molar-refractivity contribution in [2.75, 3.05) is 19.5 Å². The zero-order valence-electron chi connectivity index (χ0n) is 19.5. The Balaban J connectivity index is 1.40. The van der Waals surface area contributed by atoms with Gasteiger partial charge in [0.25, 0.3) is 0 Å². The van der Waals surface area contributed by atoms with E-state index in [2.05, 4.69) is 15.3 Å². The van der Waals surface area contributed by atoms with Crippen LogP contribution in [0.25, 0.3) is 28.1 Å². The number of anilines is 1. The van der Waals surface area contributed by atoms with Crippen LogP contribution in [0.1, 0.15) is 16.8 Å². The number of H-pyrrole nitrogens is 1. The molecule has 0 aliphatic heterocycles. The predicted octanol–water partition coefficient (Wildman–Crippen LogP) is 4.69. The molecule has 0 spiro atoms. The first-order valence-electron chi connectivity index (χ1n) is 10.9. The molecule has 3 aromatic heterocycles. The van der Waals surface area contributed by atoms with Crippen LogP contribution in [0, 0.1) is 13.8 Å². The largest absolute Gasteiger partial charge is 0.493 e. The molecule has 8 heteroatoms. The highest BCUT2D eigenvalue weighted by molar-refractivity contribution is 5.93. The van der Waals surface area contributed by atoms with E-state index in [0.717, 1.165) is 44.8 Å². The van der Waals surface area contributed by atoms with Crippen LogP contribution in [0.4, 0.5) is 5.69 Å². The number of aromatic nitrogens is 4. The smallest absolute Gasteiger partial charge is 0.230 e. The average molecular weight is 456 g/mol. The second kappa shape index (κ2) is 8.55. The van der Waals surface area contributed by atoms with Gasteiger partial charge in [0.2, 0.25) is 5.91 Å². The quantitative estimate of drug-likeness (QED) is 0.387. The SMILES string of the molecule is COc1cc2nc(-c3ccc(C)c(NC(=O)Cc4cn5cccc(C)c5n4)c3)[nH]c2cc1OC.